The van der Waals surface area contributed by atoms with E-state index in [-0.39, 0.29) is 0 Å². The maximum atomic E-state index is 5.67. The Hall–Kier alpha value is -1.12. The number of hydrogen-bond acceptors (Lipinski definition) is 3. The fraction of sp³-hybridized carbons (Fsp3) is 0.667. The van der Waals surface area contributed by atoms with Crippen LogP contribution in [0, 0.1) is 11.8 Å². The van der Waals surface area contributed by atoms with E-state index in [4.69, 9.17) is 5.73 Å². The minimum atomic E-state index is 0.529. The zero-order chi connectivity index (χ0) is 10.8. The zero-order valence-electron chi connectivity index (χ0n) is 9.48. The summed E-state index contributed by atoms with van der Waals surface area (Å²) >= 11 is 0. The quantitative estimate of drug-likeness (QED) is 0.807. The highest BCUT2D eigenvalue weighted by Crippen LogP contribution is 2.40. The SMILES string of the molecule is CC(C)C1CCC(c2nccc(N)n2)C1. The van der Waals surface area contributed by atoms with Crippen LogP contribution in [-0.4, -0.2) is 9.97 Å². The summed E-state index contributed by atoms with van der Waals surface area (Å²) in [4.78, 5) is 8.64. The number of aromatic nitrogens is 2. The van der Waals surface area contributed by atoms with Gasteiger partial charge < -0.3 is 5.73 Å². The molecular formula is C12H19N3. The van der Waals surface area contributed by atoms with Crippen LogP contribution in [0.15, 0.2) is 12.3 Å². The van der Waals surface area contributed by atoms with Crippen molar-refractivity contribution >= 4 is 5.82 Å². The van der Waals surface area contributed by atoms with E-state index in [2.05, 4.69) is 23.8 Å². The highest BCUT2D eigenvalue weighted by molar-refractivity contribution is 5.26. The van der Waals surface area contributed by atoms with Crippen LogP contribution in [0.2, 0.25) is 0 Å². The van der Waals surface area contributed by atoms with E-state index in [1.54, 1.807) is 12.3 Å². The third-order valence-corrected chi connectivity index (χ3v) is 3.48. The molecule has 82 valence electrons. The Bertz CT molecular complexity index is 335. The smallest absolute Gasteiger partial charge is 0.133 e. The number of nitrogens with two attached hydrogens (primary N) is 1. The van der Waals surface area contributed by atoms with Gasteiger partial charge in [0, 0.05) is 12.1 Å². The van der Waals surface area contributed by atoms with Crippen molar-refractivity contribution < 1.29 is 0 Å². The summed E-state index contributed by atoms with van der Waals surface area (Å²) in [7, 11) is 0. The van der Waals surface area contributed by atoms with Crippen molar-refractivity contribution in [1.29, 1.82) is 0 Å². The van der Waals surface area contributed by atoms with Gasteiger partial charge in [-0.25, -0.2) is 9.97 Å². The Morgan fingerprint density at radius 3 is 2.80 bits per heavy atom. The molecule has 15 heavy (non-hydrogen) atoms. The van der Waals surface area contributed by atoms with Crippen molar-refractivity contribution in [2.45, 2.75) is 39.0 Å². The molecule has 1 aliphatic carbocycles. The summed E-state index contributed by atoms with van der Waals surface area (Å²) in [6, 6.07) is 1.75. The minimum Gasteiger partial charge on any atom is -0.384 e. The first-order chi connectivity index (χ1) is 7.16. The van der Waals surface area contributed by atoms with Crippen molar-refractivity contribution in [2.75, 3.05) is 5.73 Å². The van der Waals surface area contributed by atoms with E-state index in [0.29, 0.717) is 11.7 Å². The molecule has 0 amide bonds. The first kappa shape index (κ1) is 10.4. The molecule has 0 saturated heterocycles. The molecule has 2 atom stereocenters. The van der Waals surface area contributed by atoms with Gasteiger partial charge in [-0.15, -0.1) is 0 Å². The Labute approximate surface area is 91.1 Å². The van der Waals surface area contributed by atoms with Crippen LogP contribution in [0.3, 0.4) is 0 Å². The van der Waals surface area contributed by atoms with Gasteiger partial charge in [0.05, 0.1) is 0 Å². The second kappa shape index (κ2) is 4.17. The van der Waals surface area contributed by atoms with Gasteiger partial charge in [0.1, 0.15) is 11.6 Å². The van der Waals surface area contributed by atoms with Crippen LogP contribution in [-0.2, 0) is 0 Å². The molecule has 1 saturated carbocycles. The molecule has 0 aliphatic heterocycles. The molecule has 0 bridgehead atoms. The topological polar surface area (TPSA) is 51.8 Å². The Balaban J connectivity index is 2.08. The van der Waals surface area contributed by atoms with Gasteiger partial charge in [-0.2, -0.15) is 0 Å². The fourth-order valence-electron chi connectivity index (χ4n) is 2.44. The van der Waals surface area contributed by atoms with Gasteiger partial charge in [0.2, 0.25) is 0 Å². The van der Waals surface area contributed by atoms with Gasteiger partial charge >= 0.3 is 0 Å². The van der Waals surface area contributed by atoms with Crippen molar-refractivity contribution in [3.8, 4) is 0 Å². The van der Waals surface area contributed by atoms with E-state index in [0.717, 1.165) is 17.7 Å². The number of hydrogen-bond donors (Lipinski definition) is 1. The Morgan fingerprint density at radius 2 is 2.20 bits per heavy atom. The lowest BCUT2D eigenvalue weighted by atomic mass is 9.93. The third kappa shape index (κ3) is 2.28. The fourth-order valence-corrected chi connectivity index (χ4v) is 2.44. The molecule has 3 nitrogen and oxygen atoms in total. The molecular weight excluding hydrogens is 186 g/mol. The van der Waals surface area contributed by atoms with Crippen molar-refractivity contribution in [3.63, 3.8) is 0 Å². The van der Waals surface area contributed by atoms with E-state index >= 15 is 0 Å². The highest BCUT2D eigenvalue weighted by Gasteiger charge is 2.29. The largest absolute Gasteiger partial charge is 0.384 e. The number of nitrogen functional groups attached to an aromatic ring is 1. The predicted octanol–water partition coefficient (Wildman–Crippen LogP) is 2.60. The summed E-state index contributed by atoms with van der Waals surface area (Å²) in [5, 5.41) is 0. The first-order valence-corrected chi connectivity index (χ1v) is 5.75. The second-order valence-electron chi connectivity index (χ2n) is 4.85. The van der Waals surface area contributed by atoms with Crippen molar-refractivity contribution in [2.24, 2.45) is 11.8 Å². The van der Waals surface area contributed by atoms with Crippen LogP contribution < -0.4 is 5.73 Å². The lowest BCUT2D eigenvalue weighted by Gasteiger charge is -2.13. The van der Waals surface area contributed by atoms with E-state index < -0.39 is 0 Å². The second-order valence-corrected chi connectivity index (χ2v) is 4.85. The minimum absolute atomic E-state index is 0.529. The predicted molar refractivity (Wildman–Crippen MR) is 61.4 cm³/mol. The van der Waals surface area contributed by atoms with Gasteiger partial charge in [-0.05, 0) is 37.2 Å². The molecule has 2 N–H and O–H groups in total. The normalized spacial score (nSPS) is 26.1. The molecule has 1 heterocycles. The molecule has 1 aromatic rings. The van der Waals surface area contributed by atoms with E-state index in [1.165, 1.54) is 19.3 Å². The number of anilines is 1. The van der Waals surface area contributed by atoms with Crippen LogP contribution in [0.25, 0.3) is 0 Å². The van der Waals surface area contributed by atoms with Crippen LogP contribution in [0.5, 0.6) is 0 Å². The molecule has 0 aromatic carbocycles. The maximum Gasteiger partial charge on any atom is 0.133 e. The lowest BCUT2D eigenvalue weighted by Crippen LogP contribution is -2.06. The highest BCUT2D eigenvalue weighted by atomic mass is 14.9. The summed E-state index contributed by atoms with van der Waals surface area (Å²) in [6.45, 7) is 4.60. The zero-order valence-corrected chi connectivity index (χ0v) is 9.48. The van der Waals surface area contributed by atoms with Crippen molar-refractivity contribution in [1.82, 2.24) is 9.97 Å². The molecule has 2 unspecified atom stereocenters. The van der Waals surface area contributed by atoms with Gasteiger partial charge in [-0.3, -0.25) is 0 Å². The van der Waals surface area contributed by atoms with Gasteiger partial charge in [0.15, 0.2) is 0 Å². The van der Waals surface area contributed by atoms with Crippen LogP contribution >= 0.6 is 0 Å². The Morgan fingerprint density at radius 1 is 1.40 bits per heavy atom. The molecule has 2 rings (SSSR count). The summed E-state index contributed by atoms with van der Waals surface area (Å²) in [6.07, 6.45) is 5.51. The average molecular weight is 205 g/mol. The molecule has 0 radical (unpaired) electrons. The summed E-state index contributed by atoms with van der Waals surface area (Å²) in [5.74, 6) is 3.67. The maximum absolute atomic E-state index is 5.67. The summed E-state index contributed by atoms with van der Waals surface area (Å²) < 4.78 is 0. The van der Waals surface area contributed by atoms with Gasteiger partial charge in [-0.1, -0.05) is 13.8 Å². The third-order valence-electron chi connectivity index (χ3n) is 3.48. The van der Waals surface area contributed by atoms with Gasteiger partial charge in [0.25, 0.3) is 0 Å². The molecule has 1 aromatic heterocycles. The monoisotopic (exact) mass is 205 g/mol. The van der Waals surface area contributed by atoms with Crippen LogP contribution in [0.1, 0.15) is 44.9 Å². The number of rotatable bonds is 2. The number of nitrogens with zero attached hydrogens (tertiary/aromatic N) is 2. The van der Waals surface area contributed by atoms with E-state index in [9.17, 15) is 0 Å². The Kier molecular flexibility index (Phi) is 2.89. The van der Waals surface area contributed by atoms with Crippen LogP contribution in [0.4, 0.5) is 5.82 Å². The standard InChI is InChI=1S/C12H19N3/c1-8(2)9-3-4-10(7-9)12-14-6-5-11(13)15-12/h5-6,8-10H,3-4,7H2,1-2H3,(H2,13,14,15). The molecule has 1 aliphatic rings. The molecule has 3 heteroatoms. The van der Waals surface area contributed by atoms with Crippen molar-refractivity contribution in [3.05, 3.63) is 18.1 Å². The van der Waals surface area contributed by atoms with E-state index in [1.807, 2.05) is 0 Å². The lowest BCUT2D eigenvalue weighted by molar-refractivity contribution is 0.390. The molecule has 0 spiro atoms. The average Bonchev–Trinajstić information content (AvgIpc) is 2.66. The first-order valence-electron chi connectivity index (χ1n) is 5.75. The molecule has 1 fully saturated rings. The summed E-state index contributed by atoms with van der Waals surface area (Å²) in [5.41, 5.74) is 5.67.